The SMILES string of the molecule is [B]CC1CNC(CONC(=O)[C@@H]2CC[C@@H]3CN2C(=O)N3OS(=O)(=O)OC)C1. The maximum atomic E-state index is 12.4. The van der Waals surface area contributed by atoms with Crippen LogP contribution in [0.3, 0.4) is 0 Å². The normalized spacial score (nSPS) is 30.8. The fraction of sp³-hybridized carbons (Fsp3) is 0.857. The van der Waals surface area contributed by atoms with Crippen molar-refractivity contribution in [2.24, 2.45) is 5.92 Å². The molecule has 2 radical (unpaired) electrons. The van der Waals surface area contributed by atoms with Crippen LogP contribution in [0, 0.1) is 5.92 Å². The van der Waals surface area contributed by atoms with Crippen LogP contribution in [0.25, 0.3) is 0 Å². The second kappa shape index (κ2) is 8.31. The molecule has 3 aliphatic heterocycles. The Morgan fingerprint density at radius 3 is 2.85 bits per heavy atom. The van der Waals surface area contributed by atoms with Gasteiger partial charge < -0.3 is 10.2 Å². The third kappa shape index (κ3) is 4.54. The molecule has 0 aromatic rings. The number of carbonyl (C=O) groups is 2. The van der Waals surface area contributed by atoms with E-state index in [-0.39, 0.29) is 12.6 Å². The van der Waals surface area contributed by atoms with Crippen molar-refractivity contribution in [1.82, 2.24) is 20.8 Å². The summed E-state index contributed by atoms with van der Waals surface area (Å²) in [4.78, 5) is 31.4. The molecule has 3 saturated heterocycles. The summed E-state index contributed by atoms with van der Waals surface area (Å²) in [6.45, 7) is 1.32. The number of amides is 3. The van der Waals surface area contributed by atoms with E-state index in [4.69, 9.17) is 12.7 Å². The van der Waals surface area contributed by atoms with E-state index in [2.05, 4.69) is 19.3 Å². The summed E-state index contributed by atoms with van der Waals surface area (Å²) in [5.74, 6) is -0.0483. The van der Waals surface area contributed by atoms with E-state index in [1.165, 1.54) is 4.90 Å². The smallest absolute Gasteiger partial charge is 0.311 e. The Morgan fingerprint density at radius 1 is 1.41 bits per heavy atom. The Balaban J connectivity index is 1.50. The molecular formula is C14H23BN4O7S. The summed E-state index contributed by atoms with van der Waals surface area (Å²) < 4.78 is 31.8. The second-order valence-electron chi connectivity index (χ2n) is 6.88. The Bertz CT molecular complexity index is 678. The number of hydroxylamine groups is 3. The van der Waals surface area contributed by atoms with Gasteiger partial charge in [0.25, 0.3) is 5.91 Å². The van der Waals surface area contributed by atoms with Gasteiger partial charge in [0.1, 0.15) is 6.04 Å². The van der Waals surface area contributed by atoms with Gasteiger partial charge in [-0.05, 0) is 31.7 Å². The van der Waals surface area contributed by atoms with Crippen LogP contribution in [0.5, 0.6) is 0 Å². The van der Waals surface area contributed by atoms with Crippen LogP contribution in [0.1, 0.15) is 19.3 Å². The van der Waals surface area contributed by atoms with Crippen LogP contribution in [0.4, 0.5) is 4.79 Å². The lowest BCUT2D eigenvalue weighted by Crippen LogP contribution is -2.50. The van der Waals surface area contributed by atoms with Gasteiger partial charge in [0.15, 0.2) is 0 Å². The number of fused-ring (bicyclic) bond motifs is 2. The molecule has 3 aliphatic rings. The fourth-order valence-corrected chi connectivity index (χ4v) is 4.06. The summed E-state index contributed by atoms with van der Waals surface area (Å²) in [5, 5.41) is 4.02. The molecule has 2 unspecified atom stereocenters. The number of rotatable bonds is 8. The van der Waals surface area contributed by atoms with Gasteiger partial charge in [0.05, 0.1) is 27.6 Å². The summed E-state index contributed by atoms with van der Waals surface area (Å²) in [6, 6.07) is -1.78. The van der Waals surface area contributed by atoms with Crippen LogP contribution in [-0.4, -0.2) is 83.1 Å². The molecule has 13 heteroatoms. The van der Waals surface area contributed by atoms with E-state index in [9.17, 15) is 18.0 Å². The molecule has 0 aliphatic carbocycles. The van der Waals surface area contributed by atoms with Gasteiger partial charge in [-0.25, -0.2) is 10.3 Å². The first-order chi connectivity index (χ1) is 12.8. The van der Waals surface area contributed by atoms with E-state index in [0.29, 0.717) is 31.7 Å². The van der Waals surface area contributed by atoms with E-state index in [1.54, 1.807) is 0 Å². The highest BCUT2D eigenvalue weighted by atomic mass is 32.3. The number of hydrogen-bond donors (Lipinski definition) is 2. The predicted molar refractivity (Wildman–Crippen MR) is 92.3 cm³/mol. The molecule has 3 rings (SSSR count). The Labute approximate surface area is 159 Å². The van der Waals surface area contributed by atoms with Crippen LogP contribution in [-0.2, 0) is 28.5 Å². The highest BCUT2D eigenvalue weighted by Crippen LogP contribution is 2.31. The largest absolute Gasteiger partial charge is 0.420 e. The molecule has 27 heavy (non-hydrogen) atoms. The molecule has 3 heterocycles. The van der Waals surface area contributed by atoms with Gasteiger partial charge in [0.2, 0.25) is 0 Å². The van der Waals surface area contributed by atoms with Gasteiger partial charge in [-0.2, -0.15) is 13.5 Å². The van der Waals surface area contributed by atoms with Crippen molar-refractivity contribution in [2.75, 3.05) is 26.8 Å². The molecule has 11 nitrogen and oxygen atoms in total. The average molecular weight is 402 g/mol. The molecular weight excluding hydrogens is 379 g/mol. The molecule has 0 spiro atoms. The summed E-state index contributed by atoms with van der Waals surface area (Å²) >= 11 is 0. The Hall–Kier alpha value is -1.41. The maximum Gasteiger partial charge on any atom is 0.420 e. The van der Waals surface area contributed by atoms with Crippen molar-refractivity contribution in [3.8, 4) is 0 Å². The van der Waals surface area contributed by atoms with Crippen molar-refractivity contribution in [3.05, 3.63) is 0 Å². The number of nitrogens with zero attached hydrogens (tertiary/aromatic N) is 2. The van der Waals surface area contributed by atoms with E-state index in [1.807, 2.05) is 0 Å². The molecule has 2 N–H and O–H groups in total. The van der Waals surface area contributed by atoms with Crippen molar-refractivity contribution in [1.29, 1.82) is 0 Å². The van der Waals surface area contributed by atoms with Gasteiger partial charge in [-0.1, -0.05) is 6.32 Å². The standard InChI is InChI=1S/C14H23BN4O7S/c1-24-27(22,23)26-19-11-2-3-12(18(7-11)14(19)21)13(20)17-25-8-10-4-9(5-15)6-16-10/h9-12,16H,2-8H2,1H3,(H,17,20)/t9?,10?,11-,12+/m1/s1. The highest BCUT2D eigenvalue weighted by molar-refractivity contribution is 7.81. The van der Waals surface area contributed by atoms with Crippen molar-refractivity contribution in [3.63, 3.8) is 0 Å². The maximum absolute atomic E-state index is 12.4. The first-order valence-electron chi connectivity index (χ1n) is 8.79. The molecule has 0 aromatic carbocycles. The highest BCUT2D eigenvalue weighted by Gasteiger charge is 2.49. The van der Waals surface area contributed by atoms with Crippen molar-refractivity contribution < 1.29 is 31.3 Å². The van der Waals surface area contributed by atoms with Gasteiger partial charge in [0, 0.05) is 12.6 Å². The second-order valence-corrected chi connectivity index (χ2v) is 8.18. The predicted octanol–water partition coefficient (Wildman–Crippen LogP) is -1.31. The zero-order valence-corrected chi connectivity index (χ0v) is 15.8. The lowest BCUT2D eigenvalue weighted by molar-refractivity contribution is -0.139. The number of carbonyl (C=O) groups excluding carboxylic acids is 2. The van der Waals surface area contributed by atoms with Gasteiger partial charge >= 0.3 is 16.4 Å². The lowest BCUT2D eigenvalue weighted by Gasteiger charge is -2.29. The van der Waals surface area contributed by atoms with Crippen LogP contribution in [0.2, 0.25) is 6.32 Å². The zero-order chi connectivity index (χ0) is 19.6. The minimum absolute atomic E-state index is 0.117. The molecule has 3 fully saturated rings. The number of piperidine rings is 1. The number of urea groups is 1. The van der Waals surface area contributed by atoms with Crippen LogP contribution >= 0.6 is 0 Å². The van der Waals surface area contributed by atoms with E-state index >= 15 is 0 Å². The van der Waals surface area contributed by atoms with E-state index < -0.39 is 34.4 Å². The molecule has 3 amide bonds. The van der Waals surface area contributed by atoms with Gasteiger partial charge in [-0.3, -0.25) is 13.8 Å². The lowest BCUT2D eigenvalue weighted by atomic mass is 9.89. The Morgan fingerprint density at radius 2 is 2.19 bits per heavy atom. The third-order valence-electron chi connectivity index (χ3n) is 5.10. The van der Waals surface area contributed by atoms with Crippen molar-refractivity contribution >= 4 is 30.2 Å². The fourth-order valence-electron chi connectivity index (χ4n) is 3.62. The molecule has 4 atom stereocenters. The van der Waals surface area contributed by atoms with Gasteiger partial charge in [-0.15, -0.1) is 4.28 Å². The molecule has 0 saturated carbocycles. The van der Waals surface area contributed by atoms with Crippen LogP contribution in [0.15, 0.2) is 0 Å². The molecule has 2 bridgehead atoms. The average Bonchev–Trinajstić information content (AvgIpc) is 3.20. The quantitative estimate of drug-likeness (QED) is 0.379. The number of hydrogen-bond acceptors (Lipinski definition) is 8. The number of nitrogens with one attached hydrogen (secondary N) is 2. The topological polar surface area (TPSA) is 127 Å². The third-order valence-corrected chi connectivity index (χ3v) is 5.86. The molecule has 150 valence electrons. The summed E-state index contributed by atoms with van der Waals surface area (Å²) in [5.41, 5.74) is 2.38. The monoisotopic (exact) mass is 402 g/mol. The first-order valence-corrected chi connectivity index (χ1v) is 10.1. The summed E-state index contributed by atoms with van der Waals surface area (Å²) in [6.07, 6.45) is 2.27. The van der Waals surface area contributed by atoms with Crippen molar-refractivity contribution in [2.45, 2.75) is 43.7 Å². The molecule has 0 aromatic heterocycles. The zero-order valence-electron chi connectivity index (χ0n) is 15.0. The minimum atomic E-state index is -4.31. The Kier molecular flexibility index (Phi) is 6.26. The van der Waals surface area contributed by atoms with Crippen LogP contribution < -0.4 is 10.8 Å². The summed E-state index contributed by atoms with van der Waals surface area (Å²) in [7, 11) is 2.26. The minimum Gasteiger partial charge on any atom is -0.311 e. The first kappa shape index (κ1) is 20.3. The van der Waals surface area contributed by atoms with E-state index in [0.717, 1.165) is 25.1 Å².